The molecular formula is C12H16F2N2O2S. The van der Waals surface area contributed by atoms with Crippen molar-refractivity contribution in [2.45, 2.75) is 37.1 Å². The van der Waals surface area contributed by atoms with Gasteiger partial charge in [-0.05, 0) is 38.8 Å². The second-order valence-electron chi connectivity index (χ2n) is 5.27. The third-order valence-electron chi connectivity index (χ3n) is 3.48. The zero-order valence-corrected chi connectivity index (χ0v) is 11.6. The highest BCUT2D eigenvalue weighted by Gasteiger charge is 2.42. The van der Waals surface area contributed by atoms with E-state index in [0.29, 0.717) is 19.4 Å². The molecule has 7 heteroatoms. The number of nitrogens with two attached hydrogens (primary N) is 1. The van der Waals surface area contributed by atoms with Crippen LogP contribution in [0.4, 0.5) is 14.5 Å². The average molecular weight is 290 g/mol. The van der Waals surface area contributed by atoms with E-state index in [1.807, 2.05) is 0 Å². The number of nitrogen functional groups attached to an aromatic ring is 1. The van der Waals surface area contributed by atoms with Crippen molar-refractivity contribution in [3.63, 3.8) is 0 Å². The fourth-order valence-corrected chi connectivity index (χ4v) is 4.32. The van der Waals surface area contributed by atoms with E-state index in [2.05, 4.69) is 0 Å². The summed E-state index contributed by atoms with van der Waals surface area (Å²) in [5.41, 5.74) is 3.87. The summed E-state index contributed by atoms with van der Waals surface area (Å²) in [4.78, 5) is -0.568. The predicted molar refractivity (Wildman–Crippen MR) is 68.0 cm³/mol. The number of hydrogen-bond donors (Lipinski definition) is 1. The Kier molecular flexibility index (Phi) is 3.30. The van der Waals surface area contributed by atoms with Gasteiger partial charge in [-0.1, -0.05) is 0 Å². The van der Waals surface area contributed by atoms with Crippen LogP contribution in [0.5, 0.6) is 0 Å². The van der Waals surface area contributed by atoms with Gasteiger partial charge in [-0.25, -0.2) is 17.2 Å². The lowest BCUT2D eigenvalue weighted by molar-refractivity contribution is 0.290. The van der Waals surface area contributed by atoms with Crippen LogP contribution in [0.15, 0.2) is 17.0 Å². The van der Waals surface area contributed by atoms with E-state index in [1.165, 1.54) is 4.31 Å². The average Bonchev–Trinajstić information content (AvgIpc) is 2.66. The number of anilines is 1. The van der Waals surface area contributed by atoms with E-state index in [1.54, 1.807) is 13.8 Å². The van der Waals surface area contributed by atoms with Crippen molar-refractivity contribution in [1.29, 1.82) is 0 Å². The number of sulfonamides is 1. The third-order valence-corrected chi connectivity index (χ3v) is 5.61. The Morgan fingerprint density at radius 3 is 2.47 bits per heavy atom. The van der Waals surface area contributed by atoms with Crippen LogP contribution >= 0.6 is 0 Å². The van der Waals surface area contributed by atoms with Gasteiger partial charge in [0.2, 0.25) is 10.0 Å². The van der Waals surface area contributed by atoms with Crippen molar-refractivity contribution < 1.29 is 17.2 Å². The topological polar surface area (TPSA) is 63.4 Å². The molecule has 0 unspecified atom stereocenters. The number of hydrogen-bond acceptors (Lipinski definition) is 3. The van der Waals surface area contributed by atoms with Crippen molar-refractivity contribution in [3.05, 3.63) is 23.8 Å². The van der Waals surface area contributed by atoms with Crippen LogP contribution in [0.2, 0.25) is 0 Å². The Labute approximate surface area is 111 Å². The van der Waals surface area contributed by atoms with Gasteiger partial charge in [0.15, 0.2) is 5.82 Å². The molecule has 0 saturated carbocycles. The number of halogens is 2. The van der Waals surface area contributed by atoms with Crippen LogP contribution in [0.3, 0.4) is 0 Å². The fourth-order valence-electron chi connectivity index (χ4n) is 2.40. The fraction of sp³-hybridized carbons (Fsp3) is 0.500. The van der Waals surface area contributed by atoms with Crippen molar-refractivity contribution in [2.24, 2.45) is 0 Å². The molecule has 1 aliphatic heterocycles. The zero-order valence-electron chi connectivity index (χ0n) is 10.8. The van der Waals surface area contributed by atoms with Gasteiger partial charge < -0.3 is 5.73 Å². The second-order valence-corrected chi connectivity index (χ2v) is 7.10. The summed E-state index contributed by atoms with van der Waals surface area (Å²) in [6.07, 6.45) is 1.41. The summed E-state index contributed by atoms with van der Waals surface area (Å²) < 4.78 is 53.1. The molecular weight excluding hydrogens is 274 g/mol. The van der Waals surface area contributed by atoms with Gasteiger partial charge in [-0.2, -0.15) is 4.31 Å². The molecule has 0 spiro atoms. The lowest BCUT2D eigenvalue weighted by atomic mass is 10.0. The quantitative estimate of drug-likeness (QED) is 0.848. The summed E-state index contributed by atoms with van der Waals surface area (Å²) in [5, 5.41) is 0. The summed E-state index contributed by atoms with van der Waals surface area (Å²) >= 11 is 0. The first-order valence-electron chi connectivity index (χ1n) is 5.94. The molecule has 0 atom stereocenters. The van der Waals surface area contributed by atoms with Gasteiger partial charge in [0.1, 0.15) is 16.4 Å². The van der Waals surface area contributed by atoms with Gasteiger partial charge >= 0.3 is 0 Å². The molecule has 1 aromatic carbocycles. The van der Waals surface area contributed by atoms with Crippen molar-refractivity contribution in [1.82, 2.24) is 4.31 Å². The van der Waals surface area contributed by atoms with Gasteiger partial charge in [0.25, 0.3) is 0 Å². The molecule has 19 heavy (non-hydrogen) atoms. The van der Waals surface area contributed by atoms with E-state index in [-0.39, 0.29) is 0 Å². The molecule has 1 fully saturated rings. The normalized spacial score (nSPS) is 19.8. The minimum absolute atomic E-state index is 0.325. The molecule has 2 N–H and O–H groups in total. The van der Waals surface area contributed by atoms with Crippen LogP contribution in [-0.4, -0.2) is 24.8 Å². The minimum atomic E-state index is -4.00. The van der Waals surface area contributed by atoms with Crippen LogP contribution in [-0.2, 0) is 10.0 Å². The highest BCUT2D eigenvalue weighted by Crippen LogP contribution is 2.35. The Morgan fingerprint density at radius 2 is 1.95 bits per heavy atom. The van der Waals surface area contributed by atoms with E-state index >= 15 is 0 Å². The molecule has 1 saturated heterocycles. The molecule has 0 aliphatic carbocycles. The maximum Gasteiger partial charge on any atom is 0.246 e. The molecule has 0 amide bonds. The first-order chi connectivity index (χ1) is 8.68. The smallest absolute Gasteiger partial charge is 0.246 e. The number of rotatable bonds is 2. The molecule has 0 bridgehead atoms. The molecule has 2 rings (SSSR count). The van der Waals surface area contributed by atoms with E-state index in [9.17, 15) is 17.2 Å². The standard InChI is InChI=1S/C12H16F2N2O2S/c1-12(2)6-3-7-16(12)19(17,18)9-5-4-8(13)11(15)10(9)14/h4-5H,3,6-7,15H2,1-2H3. The first kappa shape index (κ1) is 14.2. The van der Waals surface area contributed by atoms with Crippen LogP contribution < -0.4 is 5.73 Å². The lowest BCUT2D eigenvalue weighted by Crippen LogP contribution is -2.42. The Balaban J connectivity index is 2.55. The van der Waals surface area contributed by atoms with Gasteiger partial charge in [0.05, 0.1) is 0 Å². The van der Waals surface area contributed by atoms with Crippen molar-refractivity contribution in [2.75, 3.05) is 12.3 Å². The molecule has 4 nitrogen and oxygen atoms in total. The molecule has 0 aromatic heterocycles. The monoisotopic (exact) mass is 290 g/mol. The third kappa shape index (κ3) is 2.21. The van der Waals surface area contributed by atoms with E-state index in [0.717, 1.165) is 12.1 Å². The highest BCUT2D eigenvalue weighted by molar-refractivity contribution is 7.89. The molecule has 106 valence electrons. The second kappa shape index (κ2) is 4.42. The van der Waals surface area contributed by atoms with E-state index < -0.39 is 37.8 Å². The SMILES string of the molecule is CC1(C)CCCN1S(=O)(=O)c1ccc(F)c(N)c1F. The lowest BCUT2D eigenvalue weighted by Gasteiger charge is -2.30. The van der Waals surface area contributed by atoms with Gasteiger partial charge in [-0.3, -0.25) is 0 Å². The largest absolute Gasteiger partial charge is 0.394 e. The maximum atomic E-state index is 13.9. The van der Waals surface area contributed by atoms with Crippen LogP contribution in [0, 0.1) is 11.6 Å². The van der Waals surface area contributed by atoms with Gasteiger partial charge in [0, 0.05) is 12.1 Å². The maximum absolute atomic E-state index is 13.9. The molecule has 1 aromatic rings. The minimum Gasteiger partial charge on any atom is -0.394 e. The summed E-state index contributed by atoms with van der Waals surface area (Å²) in [7, 11) is -4.00. The van der Waals surface area contributed by atoms with Crippen molar-refractivity contribution in [3.8, 4) is 0 Å². The first-order valence-corrected chi connectivity index (χ1v) is 7.38. The predicted octanol–water partition coefficient (Wildman–Crippen LogP) is 2.11. The highest BCUT2D eigenvalue weighted by atomic mass is 32.2. The number of benzene rings is 1. The molecule has 0 radical (unpaired) electrons. The number of nitrogens with zero attached hydrogens (tertiary/aromatic N) is 1. The summed E-state index contributed by atoms with van der Waals surface area (Å²) in [5.74, 6) is -2.18. The molecule has 1 heterocycles. The summed E-state index contributed by atoms with van der Waals surface area (Å²) in [6, 6.07) is 1.79. The Bertz CT molecular complexity index is 614. The van der Waals surface area contributed by atoms with Crippen LogP contribution in [0.1, 0.15) is 26.7 Å². The van der Waals surface area contributed by atoms with Gasteiger partial charge in [-0.15, -0.1) is 0 Å². The van der Waals surface area contributed by atoms with E-state index in [4.69, 9.17) is 5.73 Å². The molecule has 1 aliphatic rings. The van der Waals surface area contributed by atoms with Crippen molar-refractivity contribution >= 4 is 15.7 Å². The Morgan fingerprint density at radius 1 is 1.32 bits per heavy atom. The zero-order chi connectivity index (χ0) is 14.4. The Hall–Kier alpha value is -1.21. The summed E-state index contributed by atoms with van der Waals surface area (Å²) in [6.45, 7) is 3.89. The van der Waals surface area contributed by atoms with Crippen LogP contribution in [0.25, 0.3) is 0 Å².